The Morgan fingerprint density at radius 3 is 2.52 bits per heavy atom. The number of anilines is 1. The molecule has 2 aromatic carbocycles. The normalized spacial score (nSPS) is 13.6. The van der Waals surface area contributed by atoms with Crippen LogP contribution in [-0.2, 0) is 4.79 Å². The van der Waals surface area contributed by atoms with Crippen molar-refractivity contribution in [3.8, 4) is 11.5 Å². The Hall–Kier alpha value is -3.10. The number of hydrogen-bond acceptors (Lipinski definition) is 4. The number of imide groups is 1. The lowest BCUT2D eigenvalue weighted by molar-refractivity contribution is -0.908. The van der Waals surface area contributed by atoms with Gasteiger partial charge in [0.15, 0.2) is 24.1 Å². The highest BCUT2D eigenvalue weighted by atomic mass is 16.6. The summed E-state index contributed by atoms with van der Waals surface area (Å²) in [5.74, 6) is 0.872. The second-order valence-corrected chi connectivity index (χ2v) is 7.13. The zero-order valence-electron chi connectivity index (χ0n) is 16.7. The van der Waals surface area contributed by atoms with Gasteiger partial charge in [0.1, 0.15) is 19.8 Å². The van der Waals surface area contributed by atoms with Crippen LogP contribution in [0.15, 0.2) is 48.5 Å². The third-order valence-electron chi connectivity index (χ3n) is 4.68. The van der Waals surface area contributed by atoms with Gasteiger partial charge in [-0.25, -0.2) is 4.79 Å². The molecule has 0 aromatic heterocycles. The molecular weight excluding hydrogens is 372 g/mol. The van der Waals surface area contributed by atoms with E-state index in [1.807, 2.05) is 23.5 Å². The van der Waals surface area contributed by atoms with Crippen molar-refractivity contribution in [2.75, 3.05) is 45.7 Å². The van der Waals surface area contributed by atoms with Gasteiger partial charge >= 0.3 is 6.03 Å². The molecule has 8 nitrogen and oxygen atoms in total. The van der Waals surface area contributed by atoms with Crippen molar-refractivity contribution >= 4 is 17.6 Å². The fraction of sp³-hybridized carbons (Fsp3) is 0.333. The number of likely N-dealkylation sites (N-methyl/N-ethyl adjacent to an activating group) is 1. The topological polar surface area (TPSA) is 97.7 Å². The van der Waals surface area contributed by atoms with Gasteiger partial charge in [0.2, 0.25) is 0 Å². The minimum atomic E-state index is -0.571. The highest BCUT2D eigenvalue weighted by Crippen LogP contribution is 2.32. The number of carbonyl (C=O) groups is 2. The largest absolute Gasteiger partial charge is 0.486 e. The fourth-order valence-electron chi connectivity index (χ4n) is 3.23. The summed E-state index contributed by atoms with van der Waals surface area (Å²) in [6.07, 6.45) is 0. The van der Waals surface area contributed by atoms with Gasteiger partial charge in [0, 0.05) is 17.3 Å². The number of fused-ring (bicyclic) bond motifs is 1. The molecule has 0 bridgehead atoms. The summed E-state index contributed by atoms with van der Waals surface area (Å²) in [6.45, 7) is 1.88. The molecular formula is C21H28N4O4+2. The van der Waals surface area contributed by atoms with Crippen LogP contribution in [0, 0.1) is 0 Å². The van der Waals surface area contributed by atoms with Crippen LogP contribution in [0.25, 0.3) is 0 Å². The second-order valence-electron chi connectivity index (χ2n) is 7.13. The van der Waals surface area contributed by atoms with Crippen LogP contribution in [0.1, 0.15) is 11.6 Å². The number of nitrogens with one attached hydrogen (secondary N) is 3. The lowest BCUT2D eigenvalue weighted by Crippen LogP contribution is -3.09. The molecule has 1 aliphatic heterocycles. The van der Waals surface area contributed by atoms with Crippen LogP contribution >= 0.6 is 0 Å². The summed E-state index contributed by atoms with van der Waals surface area (Å²) in [4.78, 5) is 25.5. The van der Waals surface area contributed by atoms with E-state index in [1.54, 1.807) is 18.2 Å². The Labute approximate surface area is 170 Å². The van der Waals surface area contributed by atoms with E-state index in [9.17, 15) is 9.59 Å². The average Bonchev–Trinajstić information content (AvgIpc) is 2.71. The molecule has 0 spiro atoms. The summed E-state index contributed by atoms with van der Waals surface area (Å²) in [5.41, 5.74) is 1.75. The van der Waals surface area contributed by atoms with Crippen molar-refractivity contribution < 1.29 is 29.3 Å². The molecule has 2 aromatic rings. The van der Waals surface area contributed by atoms with Crippen molar-refractivity contribution in [1.82, 2.24) is 5.32 Å². The molecule has 3 amide bonds. The van der Waals surface area contributed by atoms with E-state index in [0.717, 1.165) is 6.54 Å². The van der Waals surface area contributed by atoms with Gasteiger partial charge in [-0.1, -0.05) is 30.3 Å². The minimum absolute atomic E-state index is 0.172. The van der Waals surface area contributed by atoms with Crippen molar-refractivity contribution in [2.24, 2.45) is 0 Å². The van der Waals surface area contributed by atoms with Crippen molar-refractivity contribution in [2.45, 2.75) is 6.04 Å². The first-order valence-electron chi connectivity index (χ1n) is 9.70. The number of quaternary nitrogens is 2. The van der Waals surface area contributed by atoms with Crippen LogP contribution in [-0.4, -0.2) is 52.3 Å². The average molecular weight is 400 g/mol. The quantitative estimate of drug-likeness (QED) is 0.506. The van der Waals surface area contributed by atoms with Crippen LogP contribution in [0.5, 0.6) is 11.5 Å². The Morgan fingerprint density at radius 1 is 1.07 bits per heavy atom. The molecule has 1 atom stereocenters. The number of nitrogens with two attached hydrogens (primary N) is 1. The third kappa shape index (κ3) is 5.94. The molecule has 1 heterocycles. The van der Waals surface area contributed by atoms with Crippen LogP contribution in [0.2, 0.25) is 0 Å². The molecule has 0 radical (unpaired) electrons. The number of carbonyl (C=O) groups excluding carboxylic acids is 2. The SMILES string of the molecule is C[NH+](C)[C@H](C[NH2+]CC(=O)NC(=O)Nc1ccc2c(c1)OCCO2)c1ccccc1. The number of ether oxygens (including phenoxy) is 2. The Balaban J connectivity index is 1.44. The van der Waals surface area contributed by atoms with E-state index in [4.69, 9.17) is 9.47 Å². The van der Waals surface area contributed by atoms with E-state index >= 15 is 0 Å². The molecule has 3 rings (SSSR count). The fourth-order valence-corrected chi connectivity index (χ4v) is 3.23. The van der Waals surface area contributed by atoms with Crippen LogP contribution in [0.4, 0.5) is 10.5 Å². The molecule has 0 saturated heterocycles. The van der Waals surface area contributed by atoms with E-state index < -0.39 is 6.03 Å². The number of benzene rings is 2. The van der Waals surface area contributed by atoms with Crippen LogP contribution < -0.4 is 30.3 Å². The highest BCUT2D eigenvalue weighted by Gasteiger charge is 2.20. The number of rotatable bonds is 7. The number of hydrogen-bond donors (Lipinski definition) is 4. The third-order valence-corrected chi connectivity index (χ3v) is 4.68. The lowest BCUT2D eigenvalue weighted by atomic mass is 10.1. The Kier molecular flexibility index (Phi) is 7.04. The minimum Gasteiger partial charge on any atom is -0.486 e. The Bertz CT molecular complexity index is 842. The van der Waals surface area contributed by atoms with Crippen molar-refractivity contribution in [1.29, 1.82) is 0 Å². The molecule has 0 unspecified atom stereocenters. The molecule has 0 aliphatic carbocycles. The molecule has 1 aliphatic rings. The summed E-state index contributed by atoms with van der Waals surface area (Å²) in [5, 5.41) is 6.91. The van der Waals surface area contributed by atoms with Gasteiger partial charge in [-0.05, 0) is 12.1 Å². The van der Waals surface area contributed by atoms with Gasteiger partial charge in [0.25, 0.3) is 5.91 Å². The summed E-state index contributed by atoms with van der Waals surface area (Å²) < 4.78 is 10.9. The predicted octanol–water partition coefficient (Wildman–Crippen LogP) is -0.445. The zero-order chi connectivity index (χ0) is 20.6. The smallest absolute Gasteiger partial charge is 0.326 e. The number of urea groups is 1. The van der Waals surface area contributed by atoms with Gasteiger partial charge in [-0.15, -0.1) is 0 Å². The molecule has 0 saturated carbocycles. The summed E-state index contributed by atoms with van der Waals surface area (Å²) in [6, 6.07) is 15.0. The summed E-state index contributed by atoms with van der Waals surface area (Å²) in [7, 11) is 4.18. The molecule has 0 fully saturated rings. The first-order chi connectivity index (χ1) is 14.0. The van der Waals surface area contributed by atoms with Gasteiger partial charge < -0.3 is 25.0 Å². The molecule has 154 valence electrons. The monoisotopic (exact) mass is 400 g/mol. The van der Waals surface area contributed by atoms with Gasteiger partial charge in [-0.2, -0.15) is 0 Å². The first-order valence-corrected chi connectivity index (χ1v) is 9.70. The summed E-state index contributed by atoms with van der Waals surface area (Å²) >= 11 is 0. The maximum absolute atomic E-state index is 12.1. The standard InChI is InChI=1S/C21H26N4O4/c1-25(2)17(15-6-4-3-5-7-15)13-22-14-20(26)24-21(27)23-16-8-9-18-19(12-16)29-11-10-28-18/h3-9,12,17,22H,10-11,13-14H2,1-2H3,(H2,23,24,26,27)/p+2/t17-/m1/s1. The predicted molar refractivity (Wildman–Crippen MR) is 108 cm³/mol. The maximum atomic E-state index is 12.1. The van der Waals surface area contributed by atoms with Crippen molar-refractivity contribution in [3.05, 3.63) is 54.1 Å². The van der Waals surface area contributed by atoms with E-state index in [2.05, 4.69) is 36.9 Å². The lowest BCUT2D eigenvalue weighted by Gasteiger charge is -2.20. The van der Waals surface area contributed by atoms with Gasteiger partial charge in [0.05, 0.1) is 14.1 Å². The Morgan fingerprint density at radius 2 is 1.79 bits per heavy atom. The first kappa shape index (κ1) is 20.6. The number of amides is 3. The van der Waals surface area contributed by atoms with Crippen molar-refractivity contribution in [3.63, 3.8) is 0 Å². The zero-order valence-corrected chi connectivity index (χ0v) is 16.7. The van der Waals surface area contributed by atoms with E-state index in [-0.39, 0.29) is 18.5 Å². The van der Waals surface area contributed by atoms with Gasteiger partial charge in [-0.3, -0.25) is 10.1 Å². The maximum Gasteiger partial charge on any atom is 0.326 e. The van der Waals surface area contributed by atoms with E-state index in [1.165, 1.54) is 10.5 Å². The van der Waals surface area contributed by atoms with E-state index in [0.29, 0.717) is 30.4 Å². The second kappa shape index (κ2) is 9.90. The molecule has 5 N–H and O–H groups in total. The molecule has 29 heavy (non-hydrogen) atoms. The highest BCUT2D eigenvalue weighted by molar-refractivity contribution is 6.01. The molecule has 8 heteroatoms. The van der Waals surface area contributed by atoms with Crippen LogP contribution in [0.3, 0.4) is 0 Å².